The van der Waals surface area contributed by atoms with Gasteiger partial charge >= 0.3 is 0 Å². The summed E-state index contributed by atoms with van der Waals surface area (Å²) in [7, 11) is 0. The van der Waals surface area contributed by atoms with Crippen LogP contribution in [-0.4, -0.2) is 36.1 Å². The third-order valence-electron chi connectivity index (χ3n) is 2.34. The van der Waals surface area contributed by atoms with Crippen molar-refractivity contribution in [3.63, 3.8) is 0 Å². The van der Waals surface area contributed by atoms with E-state index in [1.54, 1.807) is 12.1 Å². The molecule has 6 heteroatoms. The van der Waals surface area contributed by atoms with Gasteiger partial charge in [0.1, 0.15) is 18.5 Å². The van der Waals surface area contributed by atoms with Crippen LogP contribution in [-0.2, 0) is 0 Å². The minimum absolute atomic E-state index is 0.0601. The van der Waals surface area contributed by atoms with Crippen molar-refractivity contribution < 1.29 is 14.6 Å². The Morgan fingerprint density at radius 1 is 1.53 bits per heavy atom. The van der Waals surface area contributed by atoms with E-state index >= 15 is 0 Å². The molecule has 1 aromatic carbocycles. The fourth-order valence-corrected chi connectivity index (χ4v) is 1.65. The van der Waals surface area contributed by atoms with Crippen molar-refractivity contribution in [2.45, 2.75) is 19.4 Å². The number of benzene rings is 1. The number of aliphatic hydroxyl groups is 1. The maximum absolute atomic E-state index is 11.7. The van der Waals surface area contributed by atoms with Crippen LogP contribution in [0.3, 0.4) is 0 Å². The molecule has 4 nitrogen and oxygen atoms in total. The average molecular weight is 306 g/mol. The fourth-order valence-electron chi connectivity index (χ4n) is 1.33. The first-order valence-electron chi connectivity index (χ1n) is 6.03. The number of amides is 1. The third-order valence-corrected chi connectivity index (χ3v) is 2.99. The highest BCUT2D eigenvalue weighted by Crippen LogP contribution is 2.25. The molecule has 1 atom stereocenters. The van der Waals surface area contributed by atoms with Crippen LogP contribution in [0.5, 0.6) is 5.75 Å². The molecule has 0 aromatic heterocycles. The van der Waals surface area contributed by atoms with E-state index in [0.717, 1.165) is 6.42 Å². The Bertz CT molecular complexity index is 426. The van der Waals surface area contributed by atoms with Crippen LogP contribution < -0.4 is 10.1 Å². The summed E-state index contributed by atoms with van der Waals surface area (Å²) in [6.45, 7) is 2.66. The zero-order valence-electron chi connectivity index (χ0n) is 10.7. The van der Waals surface area contributed by atoms with E-state index in [2.05, 4.69) is 5.32 Å². The molecule has 0 fully saturated rings. The number of ether oxygens (including phenoxy) is 1. The Kier molecular flexibility index (Phi) is 6.99. The van der Waals surface area contributed by atoms with E-state index in [-0.39, 0.29) is 18.4 Å². The number of rotatable bonds is 7. The van der Waals surface area contributed by atoms with Crippen LogP contribution in [0.2, 0.25) is 5.02 Å². The molecule has 1 rings (SSSR count). The summed E-state index contributed by atoms with van der Waals surface area (Å²) in [4.78, 5) is 11.7. The molecule has 0 heterocycles. The molecule has 1 aromatic rings. The lowest BCUT2D eigenvalue weighted by Gasteiger charge is -2.12. The van der Waals surface area contributed by atoms with Crippen LogP contribution in [0, 0.1) is 0 Å². The van der Waals surface area contributed by atoms with Crippen molar-refractivity contribution in [2.24, 2.45) is 0 Å². The summed E-state index contributed by atoms with van der Waals surface area (Å²) in [6.07, 6.45) is 0.127. The first-order valence-corrected chi connectivity index (χ1v) is 6.94. The highest BCUT2D eigenvalue weighted by molar-refractivity contribution is 6.32. The summed E-state index contributed by atoms with van der Waals surface area (Å²) in [6, 6.07) is 4.76. The predicted octanol–water partition coefficient (Wildman–Crippen LogP) is 2.46. The Morgan fingerprint density at radius 2 is 2.26 bits per heavy atom. The first kappa shape index (κ1) is 16.1. The number of nitrogens with one attached hydrogen (secondary N) is 1. The molecule has 1 amide bonds. The van der Waals surface area contributed by atoms with Gasteiger partial charge in [0.15, 0.2) is 0 Å². The van der Waals surface area contributed by atoms with Crippen molar-refractivity contribution in [3.05, 3.63) is 28.8 Å². The summed E-state index contributed by atoms with van der Waals surface area (Å²) >= 11 is 11.5. The molecule has 106 valence electrons. The van der Waals surface area contributed by atoms with Gasteiger partial charge in [0.2, 0.25) is 0 Å². The molecule has 0 spiro atoms. The predicted molar refractivity (Wildman–Crippen MR) is 76.3 cm³/mol. The van der Waals surface area contributed by atoms with Gasteiger partial charge in [0.25, 0.3) is 5.91 Å². The first-order chi connectivity index (χ1) is 9.08. The van der Waals surface area contributed by atoms with Gasteiger partial charge in [-0.3, -0.25) is 4.79 Å². The van der Waals surface area contributed by atoms with Crippen LogP contribution in [0.4, 0.5) is 0 Å². The van der Waals surface area contributed by atoms with Crippen LogP contribution in [0.15, 0.2) is 18.2 Å². The molecular weight excluding hydrogens is 289 g/mol. The van der Waals surface area contributed by atoms with Gasteiger partial charge in [-0.05, 0) is 24.6 Å². The normalized spacial score (nSPS) is 12.0. The molecule has 2 N–H and O–H groups in total. The second-order valence-corrected chi connectivity index (χ2v) is 4.74. The molecular formula is C13H17Cl2NO3. The topological polar surface area (TPSA) is 58.6 Å². The van der Waals surface area contributed by atoms with Crippen LogP contribution in [0.1, 0.15) is 23.7 Å². The average Bonchev–Trinajstić information content (AvgIpc) is 2.42. The molecule has 0 radical (unpaired) electrons. The molecule has 0 saturated carbocycles. The zero-order valence-corrected chi connectivity index (χ0v) is 12.2. The van der Waals surface area contributed by atoms with E-state index in [1.807, 2.05) is 6.92 Å². The largest absolute Gasteiger partial charge is 0.489 e. The second-order valence-electron chi connectivity index (χ2n) is 4.02. The summed E-state index contributed by atoms with van der Waals surface area (Å²) in [5.74, 6) is 0.337. The van der Waals surface area contributed by atoms with E-state index in [9.17, 15) is 9.90 Å². The number of hydrogen-bond acceptors (Lipinski definition) is 3. The molecule has 0 aliphatic heterocycles. The second kappa shape index (κ2) is 8.25. The van der Waals surface area contributed by atoms with Gasteiger partial charge in [0.05, 0.1) is 10.9 Å². The molecule has 19 heavy (non-hydrogen) atoms. The minimum Gasteiger partial charge on any atom is -0.489 e. The highest BCUT2D eigenvalue weighted by Gasteiger charge is 2.10. The van der Waals surface area contributed by atoms with Crippen LogP contribution >= 0.6 is 23.2 Å². The number of hydrogen-bond donors (Lipinski definition) is 2. The molecule has 0 bridgehead atoms. The minimum atomic E-state index is -0.745. The van der Waals surface area contributed by atoms with Crippen molar-refractivity contribution in [2.75, 3.05) is 19.0 Å². The van der Waals surface area contributed by atoms with E-state index in [0.29, 0.717) is 22.9 Å². The quantitative estimate of drug-likeness (QED) is 0.761. The lowest BCUT2D eigenvalue weighted by molar-refractivity contribution is 0.0953. The highest BCUT2D eigenvalue weighted by atomic mass is 35.5. The monoisotopic (exact) mass is 305 g/mol. The van der Waals surface area contributed by atoms with Crippen molar-refractivity contribution in [3.8, 4) is 5.75 Å². The van der Waals surface area contributed by atoms with Gasteiger partial charge in [0, 0.05) is 12.1 Å². The Balaban J connectivity index is 2.66. The number of carbonyl (C=O) groups excluding carboxylic acids is 1. The lowest BCUT2D eigenvalue weighted by atomic mass is 10.2. The number of carbonyl (C=O) groups is 1. The van der Waals surface area contributed by atoms with Gasteiger partial charge in [-0.1, -0.05) is 18.5 Å². The summed E-state index contributed by atoms with van der Waals surface area (Å²) < 4.78 is 5.31. The van der Waals surface area contributed by atoms with Crippen LogP contribution in [0.25, 0.3) is 0 Å². The van der Waals surface area contributed by atoms with Gasteiger partial charge in [-0.15, -0.1) is 11.6 Å². The zero-order chi connectivity index (χ0) is 14.3. The van der Waals surface area contributed by atoms with Gasteiger partial charge < -0.3 is 15.2 Å². The Labute approximate surface area is 122 Å². The molecule has 0 aliphatic rings. The van der Waals surface area contributed by atoms with Gasteiger partial charge in [-0.2, -0.15) is 0 Å². The molecule has 1 unspecified atom stereocenters. The van der Waals surface area contributed by atoms with Crippen molar-refractivity contribution in [1.82, 2.24) is 5.32 Å². The van der Waals surface area contributed by atoms with E-state index < -0.39 is 6.10 Å². The van der Waals surface area contributed by atoms with Crippen molar-refractivity contribution >= 4 is 29.1 Å². The maximum Gasteiger partial charge on any atom is 0.251 e. The smallest absolute Gasteiger partial charge is 0.251 e. The van der Waals surface area contributed by atoms with E-state index in [1.165, 1.54) is 6.07 Å². The molecule has 0 aliphatic carbocycles. The maximum atomic E-state index is 11.7. The SMILES string of the molecule is CCCNC(=O)c1ccc(OCC(O)CCl)c(Cl)c1. The Hall–Kier alpha value is -0.970. The van der Waals surface area contributed by atoms with Gasteiger partial charge in [-0.25, -0.2) is 0 Å². The number of halogens is 2. The van der Waals surface area contributed by atoms with Crippen molar-refractivity contribution in [1.29, 1.82) is 0 Å². The number of alkyl halides is 1. The molecule has 0 saturated heterocycles. The summed E-state index contributed by atoms with van der Waals surface area (Å²) in [5, 5.41) is 12.4. The third kappa shape index (κ3) is 5.27. The van der Waals surface area contributed by atoms with E-state index in [4.69, 9.17) is 27.9 Å². The fraction of sp³-hybridized carbons (Fsp3) is 0.462. The lowest BCUT2D eigenvalue weighted by Crippen LogP contribution is -2.24. The summed E-state index contributed by atoms with van der Waals surface area (Å²) in [5.41, 5.74) is 0.476. The number of aliphatic hydroxyl groups excluding tert-OH is 1. The standard InChI is InChI=1S/C13H17Cl2NO3/c1-2-5-16-13(18)9-3-4-12(11(15)6-9)19-8-10(17)7-14/h3-4,6,10,17H,2,5,7-8H2,1H3,(H,16,18). The Morgan fingerprint density at radius 3 is 2.84 bits per heavy atom.